The SMILES string of the molecule is O=C1c2ccn(c2)C(=O)c2ccn(c2)C(=O)c2ccn(c2)C(=O)c2ccn1c2. The van der Waals surface area contributed by atoms with E-state index in [0.29, 0.717) is 22.3 Å². The number of nitrogens with zero attached hydrogens (tertiary/aromatic N) is 4. The first-order valence-electron chi connectivity index (χ1n) is 8.42. The Morgan fingerprint density at radius 1 is 0.393 bits per heavy atom. The van der Waals surface area contributed by atoms with E-state index in [1.165, 1.54) is 92.1 Å². The second-order valence-corrected chi connectivity index (χ2v) is 6.45. The summed E-state index contributed by atoms with van der Waals surface area (Å²) < 4.78 is 5.15. The molecule has 136 valence electrons. The van der Waals surface area contributed by atoms with Gasteiger partial charge >= 0.3 is 0 Å². The molecule has 8 heteroatoms. The normalized spacial score (nSPS) is 14.0. The highest BCUT2D eigenvalue weighted by Crippen LogP contribution is 2.14. The van der Waals surface area contributed by atoms with Crippen molar-refractivity contribution in [1.82, 2.24) is 18.3 Å². The number of carbonyl (C=O) groups is 4. The fourth-order valence-electron chi connectivity index (χ4n) is 3.19. The molecule has 0 amide bonds. The molecule has 0 saturated heterocycles. The van der Waals surface area contributed by atoms with Gasteiger partial charge in [-0.3, -0.25) is 37.4 Å². The van der Waals surface area contributed by atoms with E-state index < -0.39 is 0 Å². The Hall–Kier alpha value is -4.20. The van der Waals surface area contributed by atoms with Crippen LogP contribution in [0.4, 0.5) is 0 Å². The van der Waals surface area contributed by atoms with Gasteiger partial charge in [0, 0.05) is 49.6 Å². The van der Waals surface area contributed by atoms with E-state index in [0.717, 1.165) is 0 Å². The van der Waals surface area contributed by atoms with Gasteiger partial charge in [0.1, 0.15) is 0 Å². The summed E-state index contributed by atoms with van der Waals surface area (Å²) in [6, 6.07) is 6.11. The summed E-state index contributed by atoms with van der Waals surface area (Å²) in [6.45, 7) is 0. The Balaban J connectivity index is 1.69. The van der Waals surface area contributed by atoms with Crippen LogP contribution in [0.15, 0.2) is 73.8 Å². The van der Waals surface area contributed by atoms with Gasteiger partial charge < -0.3 is 0 Å². The number of carbonyl (C=O) groups excluding carboxylic acids is 4. The second-order valence-electron chi connectivity index (χ2n) is 6.45. The average Bonchev–Trinajstić information content (AvgIpc) is 3.49. The van der Waals surface area contributed by atoms with E-state index in [1.54, 1.807) is 0 Å². The van der Waals surface area contributed by atoms with Gasteiger partial charge in [0.05, 0.1) is 22.3 Å². The molecule has 0 spiro atoms. The van der Waals surface area contributed by atoms with Crippen LogP contribution in [0.3, 0.4) is 0 Å². The van der Waals surface area contributed by atoms with Crippen molar-refractivity contribution < 1.29 is 19.2 Å². The van der Waals surface area contributed by atoms with Crippen molar-refractivity contribution >= 4 is 23.6 Å². The van der Waals surface area contributed by atoms with Gasteiger partial charge in [0.15, 0.2) is 0 Å². The number of hydrogen-bond acceptors (Lipinski definition) is 4. The number of hydrogen-bond donors (Lipinski definition) is 0. The molecule has 5 rings (SSSR count). The van der Waals surface area contributed by atoms with Crippen molar-refractivity contribution in [2.75, 3.05) is 0 Å². The van der Waals surface area contributed by atoms with Crippen LogP contribution < -0.4 is 0 Å². The molecular weight excluding hydrogens is 360 g/mol. The summed E-state index contributed by atoms with van der Waals surface area (Å²) in [5.74, 6) is -1.45. The van der Waals surface area contributed by atoms with Gasteiger partial charge in [0.25, 0.3) is 23.6 Å². The quantitative estimate of drug-likeness (QED) is 0.416. The maximum Gasteiger partial charge on any atom is 0.263 e. The molecule has 5 heterocycles. The smallest absolute Gasteiger partial charge is 0.263 e. The topological polar surface area (TPSA) is 88.0 Å². The minimum absolute atomic E-state index is 0.300. The predicted octanol–water partition coefficient (Wildman–Crippen LogP) is 1.96. The zero-order valence-corrected chi connectivity index (χ0v) is 14.4. The van der Waals surface area contributed by atoms with Crippen molar-refractivity contribution in [2.24, 2.45) is 0 Å². The monoisotopic (exact) mass is 372 g/mol. The van der Waals surface area contributed by atoms with Crippen LogP contribution in [-0.2, 0) is 0 Å². The molecule has 0 radical (unpaired) electrons. The van der Waals surface area contributed by atoms with Crippen molar-refractivity contribution in [1.29, 1.82) is 0 Å². The Labute approximate surface area is 157 Å². The van der Waals surface area contributed by atoms with E-state index in [1.807, 2.05) is 0 Å². The minimum atomic E-state index is -0.362. The third-order valence-electron chi connectivity index (χ3n) is 4.70. The van der Waals surface area contributed by atoms with Gasteiger partial charge in [-0.25, -0.2) is 0 Å². The molecule has 0 atom stereocenters. The zero-order valence-electron chi connectivity index (χ0n) is 14.4. The van der Waals surface area contributed by atoms with Crippen molar-refractivity contribution in [3.8, 4) is 0 Å². The summed E-state index contributed by atoms with van der Waals surface area (Å²) in [4.78, 5) is 50.7. The molecule has 1 aliphatic rings. The molecular formula is C20H12N4O4. The van der Waals surface area contributed by atoms with Crippen molar-refractivity contribution in [3.05, 3.63) is 96.1 Å². The lowest BCUT2D eigenvalue weighted by Crippen LogP contribution is -2.14. The van der Waals surface area contributed by atoms with Gasteiger partial charge in [-0.2, -0.15) is 0 Å². The number of rotatable bonds is 0. The van der Waals surface area contributed by atoms with Crippen molar-refractivity contribution in [3.63, 3.8) is 0 Å². The summed E-state index contributed by atoms with van der Waals surface area (Å²) in [7, 11) is 0. The maximum atomic E-state index is 12.7. The van der Waals surface area contributed by atoms with Crippen LogP contribution in [-0.4, -0.2) is 41.9 Å². The molecule has 0 fully saturated rings. The third-order valence-corrected chi connectivity index (χ3v) is 4.70. The molecule has 4 aromatic rings. The lowest BCUT2D eigenvalue weighted by atomic mass is 10.3. The Bertz CT molecular complexity index is 1010. The zero-order chi connectivity index (χ0) is 19.4. The van der Waals surface area contributed by atoms with Gasteiger partial charge in [-0.05, 0) is 24.3 Å². The average molecular weight is 372 g/mol. The molecule has 0 aliphatic carbocycles. The van der Waals surface area contributed by atoms with Crippen LogP contribution in [0, 0.1) is 0 Å². The molecule has 0 unspecified atom stereocenters. The Morgan fingerprint density at radius 3 is 0.821 bits per heavy atom. The van der Waals surface area contributed by atoms with Crippen LogP contribution in [0.1, 0.15) is 41.4 Å². The van der Waals surface area contributed by atoms with E-state index in [-0.39, 0.29) is 23.6 Å². The van der Waals surface area contributed by atoms with Gasteiger partial charge in [0.2, 0.25) is 0 Å². The highest BCUT2D eigenvalue weighted by atomic mass is 16.2. The lowest BCUT2D eigenvalue weighted by molar-refractivity contribution is 0.0952. The first-order valence-corrected chi connectivity index (χ1v) is 8.42. The van der Waals surface area contributed by atoms with E-state index in [2.05, 4.69) is 0 Å². The van der Waals surface area contributed by atoms with Crippen LogP contribution >= 0.6 is 0 Å². The summed E-state index contributed by atoms with van der Waals surface area (Å²) >= 11 is 0. The first kappa shape index (κ1) is 16.0. The molecule has 4 aromatic heterocycles. The van der Waals surface area contributed by atoms with E-state index in [9.17, 15) is 19.2 Å². The first-order chi connectivity index (χ1) is 13.5. The largest absolute Gasteiger partial charge is 0.290 e. The maximum absolute atomic E-state index is 12.7. The molecule has 0 aromatic carbocycles. The lowest BCUT2D eigenvalue weighted by Gasteiger charge is -2.02. The predicted molar refractivity (Wildman–Crippen MR) is 96.6 cm³/mol. The van der Waals surface area contributed by atoms with Gasteiger partial charge in [-0.15, -0.1) is 0 Å². The van der Waals surface area contributed by atoms with Crippen LogP contribution in [0.25, 0.3) is 0 Å². The fourth-order valence-corrected chi connectivity index (χ4v) is 3.19. The van der Waals surface area contributed by atoms with Crippen molar-refractivity contribution in [2.45, 2.75) is 0 Å². The minimum Gasteiger partial charge on any atom is -0.290 e. The van der Waals surface area contributed by atoms with Gasteiger partial charge in [-0.1, -0.05) is 0 Å². The van der Waals surface area contributed by atoms with E-state index in [4.69, 9.17) is 0 Å². The molecule has 0 saturated carbocycles. The highest BCUT2D eigenvalue weighted by molar-refractivity contribution is 6.03. The standard InChI is InChI=1S/C20H12N4O4/c25-17-13-1-5-21(9-13)18(26)14-3-7-23(11-14)20(28)16-4-8-24(12-16)19(27)15-2-6-22(17)10-15/h1-12H. The Kier molecular flexibility index (Phi) is 3.23. The molecule has 1 aliphatic heterocycles. The molecule has 28 heavy (non-hydrogen) atoms. The summed E-state index contributed by atoms with van der Waals surface area (Å²) in [5.41, 5.74) is 1.20. The number of aromatic nitrogens is 4. The van der Waals surface area contributed by atoms with E-state index >= 15 is 0 Å². The fraction of sp³-hybridized carbons (Fsp3) is 0. The third kappa shape index (κ3) is 2.32. The van der Waals surface area contributed by atoms with Crippen LogP contribution in [0.2, 0.25) is 0 Å². The molecule has 8 bridgehead atoms. The molecule has 0 N–H and O–H groups in total. The molecule has 8 nitrogen and oxygen atoms in total. The second kappa shape index (κ2) is 5.65. The summed E-state index contributed by atoms with van der Waals surface area (Å²) in [6.07, 6.45) is 11.6. The van der Waals surface area contributed by atoms with Crippen LogP contribution in [0.5, 0.6) is 0 Å². The number of fused-ring (bicyclic) bond motifs is 8. The Morgan fingerprint density at radius 2 is 0.607 bits per heavy atom. The summed E-state index contributed by atoms with van der Waals surface area (Å²) in [5, 5.41) is 0. The highest BCUT2D eigenvalue weighted by Gasteiger charge is 2.20.